The minimum Gasteiger partial charge on any atom is -0.318 e. The third-order valence-electron chi connectivity index (χ3n) is 4.46. The Morgan fingerprint density at radius 2 is 1.62 bits per heavy atom. The molecule has 1 heterocycles. The van der Waals surface area contributed by atoms with Gasteiger partial charge < -0.3 is 15.5 Å². The second-order valence-electron chi connectivity index (χ2n) is 6.41. The molecule has 3 amide bonds. The topological polar surface area (TPSA) is 78.5 Å². The van der Waals surface area contributed by atoms with Crippen LogP contribution in [0.2, 0.25) is 0 Å². The number of carbonyl (C=O) groups is 3. The van der Waals surface area contributed by atoms with Crippen molar-refractivity contribution in [2.45, 2.75) is 26.7 Å². The second kappa shape index (κ2) is 7.39. The van der Waals surface area contributed by atoms with E-state index < -0.39 is 11.8 Å². The molecule has 0 spiro atoms. The molecule has 0 saturated carbocycles. The summed E-state index contributed by atoms with van der Waals surface area (Å²) >= 11 is 0. The molecule has 1 saturated heterocycles. The Balaban J connectivity index is 1.66. The van der Waals surface area contributed by atoms with E-state index in [1.807, 2.05) is 32.0 Å². The van der Waals surface area contributed by atoms with Crippen molar-refractivity contribution in [2.24, 2.45) is 0 Å². The summed E-state index contributed by atoms with van der Waals surface area (Å²) in [6.45, 7) is 4.59. The molecule has 0 aromatic heterocycles. The average Bonchev–Trinajstić information content (AvgIpc) is 3.04. The van der Waals surface area contributed by atoms with Crippen molar-refractivity contribution in [1.82, 2.24) is 0 Å². The van der Waals surface area contributed by atoms with Gasteiger partial charge in [-0.2, -0.15) is 0 Å². The molecule has 0 unspecified atom stereocenters. The van der Waals surface area contributed by atoms with Gasteiger partial charge >= 0.3 is 11.8 Å². The first-order valence-corrected chi connectivity index (χ1v) is 8.54. The molecule has 3 rings (SSSR count). The minimum atomic E-state index is -0.756. The van der Waals surface area contributed by atoms with E-state index in [9.17, 15) is 14.4 Å². The fraction of sp³-hybridized carbons (Fsp3) is 0.250. The summed E-state index contributed by atoms with van der Waals surface area (Å²) in [4.78, 5) is 37.8. The highest BCUT2D eigenvalue weighted by Gasteiger charge is 2.22. The number of hydrogen-bond acceptors (Lipinski definition) is 3. The highest BCUT2D eigenvalue weighted by atomic mass is 16.2. The molecule has 6 heteroatoms. The van der Waals surface area contributed by atoms with Crippen molar-refractivity contribution in [3.05, 3.63) is 53.6 Å². The maximum atomic E-state index is 12.2. The van der Waals surface area contributed by atoms with E-state index in [-0.39, 0.29) is 5.91 Å². The summed E-state index contributed by atoms with van der Waals surface area (Å²) in [6.07, 6.45) is 1.36. The van der Waals surface area contributed by atoms with Crippen molar-refractivity contribution in [1.29, 1.82) is 0 Å². The van der Waals surface area contributed by atoms with Gasteiger partial charge in [-0.3, -0.25) is 14.4 Å². The van der Waals surface area contributed by atoms with E-state index in [0.717, 1.165) is 23.2 Å². The molecular weight excluding hydrogens is 330 g/mol. The molecule has 0 atom stereocenters. The minimum absolute atomic E-state index is 0.0703. The molecule has 1 fully saturated rings. The largest absolute Gasteiger partial charge is 0.318 e. The third kappa shape index (κ3) is 3.91. The Bertz CT molecular complexity index is 876. The smallest absolute Gasteiger partial charge is 0.314 e. The van der Waals surface area contributed by atoms with Crippen LogP contribution in [-0.4, -0.2) is 24.3 Å². The number of hydrogen-bond donors (Lipinski definition) is 2. The molecule has 2 N–H and O–H groups in total. The van der Waals surface area contributed by atoms with Gasteiger partial charge in [-0.25, -0.2) is 0 Å². The molecule has 1 aliphatic heterocycles. The quantitative estimate of drug-likeness (QED) is 0.835. The molecule has 6 nitrogen and oxygen atoms in total. The lowest BCUT2D eigenvalue weighted by atomic mass is 10.1. The number of aryl methyl sites for hydroxylation is 2. The number of benzene rings is 2. The zero-order chi connectivity index (χ0) is 18.7. The molecule has 0 radical (unpaired) electrons. The van der Waals surface area contributed by atoms with Crippen LogP contribution in [0.1, 0.15) is 24.0 Å². The van der Waals surface area contributed by atoms with Gasteiger partial charge in [0.2, 0.25) is 5.91 Å². The van der Waals surface area contributed by atoms with Gasteiger partial charge in [0.05, 0.1) is 0 Å². The Labute approximate surface area is 152 Å². The summed E-state index contributed by atoms with van der Waals surface area (Å²) in [5.41, 5.74) is 3.92. The van der Waals surface area contributed by atoms with Gasteiger partial charge in [0.1, 0.15) is 0 Å². The van der Waals surface area contributed by atoms with Crippen LogP contribution in [0.4, 0.5) is 17.1 Å². The van der Waals surface area contributed by atoms with Crippen molar-refractivity contribution < 1.29 is 14.4 Å². The van der Waals surface area contributed by atoms with Crippen LogP contribution in [0.15, 0.2) is 42.5 Å². The normalized spacial score (nSPS) is 13.6. The molecule has 134 valence electrons. The number of amides is 3. The zero-order valence-corrected chi connectivity index (χ0v) is 14.8. The molecule has 0 aliphatic carbocycles. The lowest BCUT2D eigenvalue weighted by molar-refractivity contribution is -0.132. The number of anilines is 3. The fourth-order valence-corrected chi connectivity index (χ4v) is 2.87. The monoisotopic (exact) mass is 351 g/mol. The maximum absolute atomic E-state index is 12.2. The van der Waals surface area contributed by atoms with Crippen LogP contribution < -0.4 is 15.5 Å². The molecule has 2 aromatic carbocycles. The highest BCUT2D eigenvalue weighted by Crippen LogP contribution is 2.24. The zero-order valence-electron chi connectivity index (χ0n) is 14.8. The van der Waals surface area contributed by atoms with E-state index in [1.54, 1.807) is 29.2 Å². The molecule has 1 aliphatic rings. The Kier molecular flexibility index (Phi) is 5.02. The summed E-state index contributed by atoms with van der Waals surface area (Å²) in [6, 6.07) is 12.4. The first-order chi connectivity index (χ1) is 12.4. The van der Waals surface area contributed by atoms with Crippen LogP contribution in [0.3, 0.4) is 0 Å². The van der Waals surface area contributed by atoms with Gasteiger partial charge in [0.25, 0.3) is 0 Å². The van der Waals surface area contributed by atoms with Crippen LogP contribution >= 0.6 is 0 Å². The molecular formula is C20H21N3O3. The first kappa shape index (κ1) is 17.7. The Morgan fingerprint density at radius 3 is 2.23 bits per heavy atom. The van der Waals surface area contributed by atoms with Crippen molar-refractivity contribution in [3.63, 3.8) is 0 Å². The van der Waals surface area contributed by atoms with E-state index in [1.165, 1.54) is 0 Å². The van der Waals surface area contributed by atoms with E-state index in [4.69, 9.17) is 0 Å². The SMILES string of the molecule is Cc1ccc(NC(=O)C(=O)Nc2cccc(N3CCCC3=O)c2)cc1C. The van der Waals surface area contributed by atoms with Gasteiger partial charge in [-0.15, -0.1) is 0 Å². The fourth-order valence-electron chi connectivity index (χ4n) is 2.87. The lowest BCUT2D eigenvalue weighted by Gasteiger charge is -2.16. The average molecular weight is 351 g/mol. The number of nitrogens with one attached hydrogen (secondary N) is 2. The van der Waals surface area contributed by atoms with E-state index in [2.05, 4.69) is 10.6 Å². The van der Waals surface area contributed by atoms with Crippen molar-refractivity contribution >= 4 is 34.8 Å². The van der Waals surface area contributed by atoms with Crippen molar-refractivity contribution in [2.75, 3.05) is 22.1 Å². The number of nitrogens with zero attached hydrogens (tertiary/aromatic N) is 1. The summed E-state index contributed by atoms with van der Waals surface area (Å²) in [7, 11) is 0. The number of carbonyl (C=O) groups excluding carboxylic acids is 3. The second-order valence-corrected chi connectivity index (χ2v) is 6.41. The molecule has 26 heavy (non-hydrogen) atoms. The van der Waals surface area contributed by atoms with Crippen LogP contribution in [0.25, 0.3) is 0 Å². The Morgan fingerprint density at radius 1 is 0.923 bits per heavy atom. The maximum Gasteiger partial charge on any atom is 0.314 e. The first-order valence-electron chi connectivity index (χ1n) is 8.54. The highest BCUT2D eigenvalue weighted by molar-refractivity contribution is 6.43. The number of rotatable bonds is 3. The van der Waals surface area contributed by atoms with E-state index >= 15 is 0 Å². The predicted octanol–water partition coefficient (Wildman–Crippen LogP) is 3.01. The summed E-state index contributed by atoms with van der Waals surface area (Å²) < 4.78 is 0. The standard InChI is InChI=1S/C20H21N3O3/c1-13-8-9-16(11-14(13)2)22-20(26)19(25)21-15-5-3-6-17(12-15)23-10-4-7-18(23)24/h3,5-6,8-9,11-12H,4,7,10H2,1-2H3,(H,21,25)(H,22,26). The third-order valence-corrected chi connectivity index (χ3v) is 4.46. The van der Waals surface area contributed by atoms with Crippen molar-refractivity contribution in [3.8, 4) is 0 Å². The van der Waals surface area contributed by atoms with Gasteiger partial charge in [0, 0.05) is 30.0 Å². The van der Waals surface area contributed by atoms with Crippen LogP contribution in [0.5, 0.6) is 0 Å². The van der Waals surface area contributed by atoms with Gasteiger partial charge in [-0.1, -0.05) is 12.1 Å². The van der Waals surface area contributed by atoms with Crippen LogP contribution in [-0.2, 0) is 14.4 Å². The molecule has 0 bridgehead atoms. The van der Waals surface area contributed by atoms with E-state index in [0.29, 0.717) is 24.3 Å². The Hall–Kier alpha value is -3.15. The lowest BCUT2D eigenvalue weighted by Crippen LogP contribution is -2.29. The summed E-state index contributed by atoms with van der Waals surface area (Å²) in [5.74, 6) is -1.43. The summed E-state index contributed by atoms with van der Waals surface area (Å²) in [5, 5.41) is 5.17. The van der Waals surface area contributed by atoms with Crippen LogP contribution in [0, 0.1) is 13.8 Å². The molecule has 2 aromatic rings. The van der Waals surface area contributed by atoms with Gasteiger partial charge in [0.15, 0.2) is 0 Å². The van der Waals surface area contributed by atoms with Gasteiger partial charge in [-0.05, 0) is 61.7 Å². The predicted molar refractivity (Wildman–Crippen MR) is 101 cm³/mol.